The summed E-state index contributed by atoms with van der Waals surface area (Å²) in [6.07, 6.45) is 13.8. The molecule has 1 aromatic heterocycles. The van der Waals surface area contributed by atoms with E-state index in [1.165, 1.54) is 0 Å². The van der Waals surface area contributed by atoms with Crippen molar-refractivity contribution in [2.45, 2.75) is 6.92 Å². The Morgan fingerprint density at radius 2 is 1.36 bits per heavy atom. The van der Waals surface area contributed by atoms with Crippen LogP contribution in [-0.4, -0.2) is 4.98 Å². The van der Waals surface area contributed by atoms with Gasteiger partial charge in [-0.2, -0.15) is 0 Å². The lowest BCUT2D eigenvalue weighted by atomic mass is 10.0. The summed E-state index contributed by atoms with van der Waals surface area (Å²) in [6.45, 7) is 2.02. The summed E-state index contributed by atoms with van der Waals surface area (Å²) in [6, 6.07) is 22.3. The third-order valence-electron chi connectivity index (χ3n) is 3.89. The number of pyridine rings is 1. The highest BCUT2D eigenvalue weighted by atomic mass is 14.7. The third-order valence-corrected chi connectivity index (χ3v) is 3.89. The first kappa shape index (κ1) is 16.5. The number of rotatable bonds is 4. The molecule has 1 heterocycles. The predicted molar refractivity (Wildman–Crippen MR) is 108 cm³/mol. The maximum Gasteiger partial charge on any atom is 0.0796 e. The molecule has 3 aromatic rings. The molecule has 120 valence electrons. The lowest BCUT2D eigenvalue weighted by molar-refractivity contribution is 1.22. The van der Waals surface area contributed by atoms with E-state index in [1.807, 2.05) is 67.6 Å². The number of aryl methyl sites for hydroxylation is 1. The summed E-state index contributed by atoms with van der Waals surface area (Å²) in [4.78, 5) is 4.72. The molecule has 0 bridgehead atoms. The van der Waals surface area contributed by atoms with Crippen LogP contribution >= 0.6 is 0 Å². The molecule has 0 amide bonds. The van der Waals surface area contributed by atoms with Gasteiger partial charge in [-0.25, -0.2) is 4.98 Å². The van der Waals surface area contributed by atoms with Crippen LogP contribution in [0, 0.1) is 19.3 Å². The molecule has 0 aliphatic carbocycles. The summed E-state index contributed by atoms with van der Waals surface area (Å²) in [5.41, 5.74) is 5.87. The maximum atomic E-state index is 5.69. The molecule has 0 spiro atoms. The lowest BCUT2D eigenvalue weighted by Gasteiger charge is -2.05. The van der Waals surface area contributed by atoms with Gasteiger partial charge in [0.05, 0.1) is 17.0 Å². The minimum atomic E-state index is 0.819. The Balaban J connectivity index is 1.94. The fourth-order valence-corrected chi connectivity index (χ4v) is 2.60. The van der Waals surface area contributed by atoms with Gasteiger partial charge in [0.2, 0.25) is 0 Å². The summed E-state index contributed by atoms with van der Waals surface area (Å²) in [7, 11) is 0. The number of hydrogen-bond donors (Lipinski definition) is 0. The van der Waals surface area contributed by atoms with Gasteiger partial charge in [-0.1, -0.05) is 78.7 Å². The molecular weight excluding hydrogens is 302 g/mol. The Kier molecular flexibility index (Phi) is 5.24. The van der Waals surface area contributed by atoms with E-state index < -0.39 is 0 Å². The van der Waals surface area contributed by atoms with Gasteiger partial charge in [0.25, 0.3) is 0 Å². The molecule has 0 N–H and O–H groups in total. The zero-order chi connectivity index (χ0) is 17.5. The highest BCUT2D eigenvalue weighted by Crippen LogP contribution is 2.18. The second-order valence-corrected chi connectivity index (χ2v) is 5.76. The lowest BCUT2D eigenvalue weighted by Crippen LogP contribution is -1.95. The summed E-state index contributed by atoms with van der Waals surface area (Å²) in [5, 5.41) is 0. The average molecular weight is 321 g/mol. The molecule has 0 unspecified atom stereocenters. The number of nitrogens with zero attached hydrogens (tertiary/aromatic N) is 1. The van der Waals surface area contributed by atoms with E-state index in [1.54, 1.807) is 0 Å². The van der Waals surface area contributed by atoms with Crippen LogP contribution in [0.1, 0.15) is 33.6 Å². The fourth-order valence-electron chi connectivity index (χ4n) is 2.60. The quantitative estimate of drug-likeness (QED) is 0.561. The molecule has 2 aromatic carbocycles. The molecule has 1 heteroatoms. The molecule has 1 nitrogen and oxygen atoms in total. The molecule has 0 saturated carbocycles. The molecule has 0 aliphatic rings. The van der Waals surface area contributed by atoms with Crippen LogP contribution in [0.5, 0.6) is 0 Å². The van der Waals surface area contributed by atoms with Crippen molar-refractivity contribution in [1.29, 1.82) is 0 Å². The molecule has 0 aliphatic heterocycles. The minimum absolute atomic E-state index is 0.819. The average Bonchev–Trinajstić information content (AvgIpc) is 2.66. The second kappa shape index (κ2) is 7.95. The smallest absolute Gasteiger partial charge is 0.0796 e. The summed E-state index contributed by atoms with van der Waals surface area (Å²) >= 11 is 0. The van der Waals surface area contributed by atoms with Crippen LogP contribution in [0.25, 0.3) is 24.3 Å². The van der Waals surface area contributed by atoms with E-state index in [2.05, 4.69) is 36.3 Å². The maximum absolute atomic E-state index is 5.69. The van der Waals surface area contributed by atoms with Gasteiger partial charge < -0.3 is 0 Å². The highest BCUT2D eigenvalue weighted by Gasteiger charge is 2.05. The Morgan fingerprint density at radius 1 is 0.800 bits per heavy atom. The molecule has 3 rings (SSSR count). The first-order chi connectivity index (χ1) is 12.3. The minimum Gasteiger partial charge on any atom is -0.248 e. The first-order valence-corrected chi connectivity index (χ1v) is 8.21. The van der Waals surface area contributed by atoms with Crippen molar-refractivity contribution in [3.05, 3.63) is 100 Å². The monoisotopic (exact) mass is 321 g/mol. The van der Waals surface area contributed by atoms with Gasteiger partial charge in [0, 0.05) is 0 Å². The standard InChI is InChI=1S/C24H19N/c1-3-23-19(2)18-22(16-14-20-10-6-4-7-11-20)25-24(23)17-15-21-12-8-5-9-13-21/h1,4-18H,2H3. The number of terminal acetylenes is 1. The van der Waals surface area contributed by atoms with Gasteiger partial charge in [-0.3, -0.25) is 0 Å². The van der Waals surface area contributed by atoms with Crippen LogP contribution in [0.15, 0.2) is 66.7 Å². The van der Waals surface area contributed by atoms with Crippen molar-refractivity contribution in [2.24, 2.45) is 0 Å². The Morgan fingerprint density at radius 3 is 1.92 bits per heavy atom. The van der Waals surface area contributed by atoms with Crippen LogP contribution in [0.2, 0.25) is 0 Å². The Labute approximate surface area is 149 Å². The molecule has 25 heavy (non-hydrogen) atoms. The largest absolute Gasteiger partial charge is 0.248 e. The normalized spacial score (nSPS) is 11.0. The summed E-state index contributed by atoms with van der Waals surface area (Å²) < 4.78 is 0. The van der Waals surface area contributed by atoms with Crippen LogP contribution in [-0.2, 0) is 0 Å². The zero-order valence-electron chi connectivity index (χ0n) is 14.2. The van der Waals surface area contributed by atoms with Crippen molar-refractivity contribution in [3.8, 4) is 12.3 Å². The van der Waals surface area contributed by atoms with Crippen LogP contribution in [0.4, 0.5) is 0 Å². The SMILES string of the molecule is C#Cc1c(C)cc(C=Cc2ccccc2)nc1C=Cc1ccccc1. The Hall–Kier alpha value is -3.37. The van der Waals surface area contributed by atoms with Gasteiger partial charge in [-0.15, -0.1) is 6.42 Å². The van der Waals surface area contributed by atoms with Crippen molar-refractivity contribution >= 4 is 24.3 Å². The molecular formula is C24H19N. The van der Waals surface area contributed by atoms with E-state index >= 15 is 0 Å². The zero-order valence-corrected chi connectivity index (χ0v) is 14.2. The van der Waals surface area contributed by atoms with Crippen LogP contribution in [0.3, 0.4) is 0 Å². The highest BCUT2D eigenvalue weighted by molar-refractivity contribution is 5.74. The van der Waals surface area contributed by atoms with Gasteiger partial charge in [-0.05, 0) is 41.8 Å². The predicted octanol–water partition coefficient (Wildman–Crippen LogP) is 5.71. The number of aromatic nitrogens is 1. The van der Waals surface area contributed by atoms with E-state index in [9.17, 15) is 0 Å². The molecule has 0 radical (unpaired) electrons. The van der Waals surface area contributed by atoms with E-state index in [4.69, 9.17) is 11.4 Å². The van der Waals surface area contributed by atoms with Crippen molar-refractivity contribution < 1.29 is 0 Å². The van der Waals surface area contributed by atoms with Crippen molar-refractivity contribution in [3.63, 3.8) is 0 Å². The van der Waals surface area contributed by atoms with Gasteiger partial charge >= 0.3 is 0 Å². The van der Waals surface area contributed by atoms with E-state index in [0.29, 0.717) is 0 Å². The molecule has 0 saturated heterocycles. The van der Waals surface area contributed by atoms with E-state index in [-0.39, 0.29) is 0 Å². The number of benzene rings is 2. The van der Waals surface area contributed by atoms with Gasteiger partial charge in [0.15, 0.2) is 0 Å². The first-order valence-electron chi connectivity index (χ1n) is 8.21. The van der Waals surface area contributed by atoms with Crippen molar-refractivity contribution in [2.75, 3.05) is 0 Å². The second-order valence-electron chi connectivity index (χ2n) is 5.76. The Bertz CT molecular complexity index is 943. The molecule has 0 fully saturated rings. The van der Waals surface area contributed by atoms with Crippen molar-refractivity contribution in [1.82, 2.24) is 4.98 Å². The fraction of sp³-hybridized carbons (Fsp3) is 0.0417. The number of hydrogen-bond acceptors (Lipinski definition) is 1. The summed E-state index contributed by atoms with van der Waals surface area (Å²) in [5.74, 6) is 2.76. The van der Waals surface area contributed by atoms with Gasteiger partial charge in [0.1, 0.15) is 0 Å². The van der Waals surface area contributed by atoms with E-state index in [0.717, 1.165) is 33.6 Å². The third kappa shape index (κ3) is 4.34. The molecule has 0 atom stereocenters. The topological polar surface area (TPSA) is 12.9 Å². The van der Waals surface area contributed by atoms with Crippen LogP contribution < -0.4 is 0 Å².